The van der Waals surface area contributed by atoms with Gasteiger partial charge in [-0.15, -0.1) is 11.3 Å². The lowest BCUT2D eigenvalue weighted by Crippen LogP contribution is -2.14. The summed E-state index contributed by atoms with van der Waals surface area (Å²) < 4.78 is 22.4. The van der Waals surface area contributed by atoms with Crippen LogP contribution in [0.25, 0.3) is 0 Å². The minimum atomic E-state index is -3.49. The third-order valence-electron chi connectivity index (χ3n) is 1.67. The van der Waals surface area contributed by atoms with Crippen LogP contribution in [0.3, 0.4) is 0 Å². The molecule has 0 saturated carbocycles. The Bertz CT molecular complexity index is 384. The van der Waals surface area contributed by atoms with Crippen molar-refractivity contribution in [3.05, 3.63) is 11.1 Å². The zero-order valence-electron chi connectivity index (χ0n) is 6.97. The summed E-state index contributed by atoms with van der Waals surface area (Å²) in [5.41, 5.74) is 5.74. The zero-order valence-corrected chi connectivity index (χ0v) is 8.60. The fraction of sp³-hybridized carbons (Fsp3) is 0.500. The van der Waals surface area contributed by atoms with E-state index < -0.39 is 21.0 Å². The highest BCUT2D eigenvalue weighted by Crippen LogP contribution is 2.24. The van der Waals surface area contributed by atoms with Gasteiger partial charge in [-0.25, -0.2) is 13.4 Å². The van der Waals surface area contributed by atoms with Gasteiger partial charge >= 0.3 is 0 Å². The predicted molar refractivity (Wildman–Crippen MR) is 50.9 cm³/mol. The molecule has 0 fully saturated rings. The third-order valence-corrected chi connectivity index (χ3v) is 4.05. The number of aromatic nitrogens is 1. The van der Waals surface area contributed by atoms with Crippen molar-refractivity contribution in [3.63, 3.8) is 0 Å². The highest BCUT2D eigenvalue weighted by atomic mass is 32.2. The number of hydrogen-bond acceptors (Lipinski definition) is 6. The molecule has 0 bridgehead atoms. The Hall–Kier alpha value is -0.660. The lowest BCUT2D eigenvalue weighted by molar-refractivity contribution is 0.356. The summed E-state index contributed by atoms with van der Waals surface area (Å²) in [6, 6.07) is 0. The summed E-state index contributed by atoms with van der Waals surface area (Å²) in [4.78, 5) is 3.83. The Balaban J connectivity index is 2.98. The van der Waals surface area contributed by atoms with Crippen LogP contribution < -0.4 is 5.73 Å². The van der Waals surface area contributed by atoms with Crippen molar-refractivity contribution in [2.75, 3.05) is 11.7 Å². The van der Waals surface area contributed by atoms with Crippen molar-refractivity contribution in [3.8, 4) is 0 Å². The van der Waals surface area contributed by atoms with Crippen LogP contribution in [0.1, 0.15) is 17.9 Å². The van der Waals surface area contributed by atoms with Gasteiger partial charge in [-0.3, -0.25) is 0 Å². The maximum absolute atomic E-state index is 11.2. The molecule has 0 saturated heterocycles. The molecule has 0 spiro atoms. The van der Waals surface area contributed by atoms with Gasteiger partial charge in [0.25, 0.3) is 0 Å². The fourth-order valence-corrected chi connectivity index (χ4v) is 2.24. The molecule has 0 radical (unpaired) electrons. The molecular formula is C6H10N2O3S2. The van der Waals surface area contributed by atoms with Gasteiger partial charge in [0, 0.05) is 5.38 Å². The maximum atomic E-state index is 11.2. The Labute approximate surface area is 80.1 Å². The summed E-state index contributed by atoms with van der Waals surface area (Å²) in [5, 5.41) is 9.69. The van der Waals surface area contributed by atoms with E-state index in [-0.39, 0.29) is 0 Å². The van der Waals surface area contributed by atoms with E-state index in [1.165, 1.54) is 18.3 Å². The molecule has 0 amide bonds. The van der Waals surface area contributed by atoms with E-state index in [9.17, 15) is 8.42 Å². The quantitative estimate of drug-likeness (QED) is 0.759. The van der Waals surface area contributed by atoms with Crippen LogP contribution >= 0.6 is 11.3 Å². The smallest absolute Gasteiger partial charge is 0.182 e. The van der Waals surface area contributed by atoms with Gasteiger partial charge in [0.15, 0.2) is 15.0 Å². The average Bonchev–Trinajstić information content (AvgIpc) is 2.50. The Morgan fingerprint density at radius 1 is 1.77 bits per heavy atom. The molecule has 1 aromatic rings. The van der Waals surface area contributed by atoms with E-state index >= 15 is 0 Å². The number of aliphatic hydroxyl groups excluding tert-OH is 1. The lowest BCUT2D eigenvalue weighted by atomic mass is 10.4. The summed E-state index contributed by atoms with van der Waals surface area (Å²) >= 11 is 1.18. The average molecular weight is 222 g/mol. The lowest BCUT2D eigenvalue weighted by Gasteiger charge is -2.06. The highest BCUT2D eigenvalue weighted by Gasteiger charge is 2.23. The Kier molecular flexibility index (Phi) is 2.89. The number of sulfone groups is 1. The van der Waals surface area contributed by atoms with Crippen LogP contribution in [0, 0.1) is 0 Å². The summed E-state index contributed by atoms with van der Waals surface area (Å²) in [5.74, 6) is -0.869. The molecule has 1 unspecified atom stereocenters. The first-order valence-corrected chi connectivity index (χ1v) is 6.10. The van der Waals surface area contributed by atoms with E-state index in [1.807, 2.05) is 0 Å². The normalized spacial score (nSPS) is 14.3. The number of nitrogen functional groups attached to an aromatic ring is 1. The van der Waals surface area contributed by atoms with Crippen molar-refractivity contribution in [1.29, 1.82) is 0 Å². The van der Waals surface area contributed by atoms with Crippen molar-refractivity contribution in [1.82, 2.24) is 4.98 Å². The molecule has 0 aliphatic heterocycles. The van der Waals surface area contributed by atoms with Gasteiger partial charge in [0.05, 0.1) is 5.69 Å². The van der Waals surface area contributed by atoms with E-state index in [0.29, 0.717) is 10.8 Å². The van der Waals surface area contributed by atoms with E-state index in [1.54, 1.807) is 5.38 Å². The largest absolute Gasteiger partial charge is 0.380 e. The van der Waals surface area contributed by atoms with Crippen molar-refractivity contribution < 1.29 is 13.5 Å². The van der Waals surface area contributed by atoms with Gasteiger partial charge in [-0.1, -0.05) is 0 Å². The second-order valence-electron chi connectivity index (χ2n) is 2.54. The molecule has 1 aromatic heterocycles. The van der Waals surface area contributed by atoms with Gasteiger partial charge in [-0.2, -0.15) is 0 Å². The maximum Gasteiger partial charge on any atom is 0.182 e. The third kappa shape index (κ3) is 2.17. The molecular weight excluding hydrogens is 212 g/mol. The molecule has 1 heterocycles. The molecule has 0 aliphatic carbocycles. The Morgan fingerprint density at radius 2 is 2.38 bits per heavy atom. The highest BCUT2D eigenvalue weighted by molar-refractivity contribution is 7.91. The summed E-state index contributed by atoms with van der Waals surface area (Å²) in [7, 11) is -3.49. The van der Waals surface area contributed by atoms with Crippen molar-refractivity contribution >= 4 is 26.3 Å². The number of anilines is 1. The van der Waals surface area contributed by atoms with E-state index in [0.717, 1.165) is 0 Å². The second kappa shape index (κ2) is 3.60. The number of nitrogens with two attached hydrogens (primary N) is 1. The zero-order chi connectivity index (χ0) is 10.1. The molecule has 0 aromatic carbocycles. The topological polar surface area (TPSA) is 93.3 Å². The molecule has 13 heavy (non-hydrogen) atoms. The monoisotopic (exact) mass is 222 g/mol. The molecule has 74 valence electrons. The van der Waals surface area contributed by atoms with Gasteiger partial charge in [0.2, 0.25) is 0 Å². The van der Waals surface area contributed by atoms with E-state index in [4.69, 9.17) is 10.8 Å². The van der Waals surface area contributed by atoms with Crippen LogP contribution in [-0.2, 0) is 9.84 Å². The number of hydrogen-bond donors (Lipinski definition) is 2. The van der Waals surface area contributed by atoms with E-state index in [2.05, 4.69) is 4.98 Å². The van der Waals surface area contributed by atoms with Crippen molar-refractivity contribution in [2.45, 2.75) is 12.2 Å². The molecule has 5 nitrogen and oxygen atoms in total. The number of rotatable bonds is 3. The molecule has 1 rings (SSSR count). The van der Waals surface area contributed by atoms with Gasteiger partial charge in [0.1, 0.15) is 11.2 Å². The standard InChI is InChI=1S/C6H10N2O3S2/c1-4(13(10,11)3-9)5-2-12-6(7)8-5/h2,4,9H,3H2,1H3,(H2,7,8). The molecule has 1 atom stereocenters. The predicted octanol–water partition coefficient (Wildman–Crippen LogP) is 0.151. The number of nitrogens with zero attached hydrogens (tertiary/aromatic N) is 1. The Morgan fingerprint density at radius 3 is 2.77 bits per heavy atom. The van der Waals surface area contributed by atoms with Gasteiger partial charge in [-0.05, 0) is 6.92 Å². The summed E-state index contributed by atoms with van der Waals surface area (Å²) in [6.45, 7) is 1.47. The van der Waals surface area contributed by atoms with Crippen LogP contribution in [0.4, 0.5) is 5.13 Å². The van der Waals surface area contributed by atoms with Crippen LogP contribution in [0.5, 0.6) is 0 Å². The first-order chi connectivity index (χ1) is 5.97. The van der Waals surface area contributed by atoms with Crippen molar-refractivity contribution in [2.24, 2.45) is 0 Å². The SMILES string of the molecule is CC(c1csc(N)n1)S(=O)(=O)CO. The molecule has 7 heteroatoms. The number of aliphatic hydroxyl groups is 1. The minimum Gasteiger partial charge on any atom is -0.380 e. The van der Waals surface area contributed by atoms with Gasteiger partial charge < -0.3 is 10.8 Å². The minimum absolute atomic E-state index is 0.329. The second-order valence-corrected chi connectivity index (χ2v) is 5.73. The summed E-state index contributed by atoms with van der Waals surface area (Å²) in [6.07, 6.45) is 0. The fourth-order valence-electron chi connectivity index (χ4n) is 0.783. The van der Waals surface area contributed by atoms with Crippen LogP contribution in [-0.4, -0.2) is 24.4 Å². The first kappa shape index (κ1) is 10.4. The molecule has 3 N–H and O–H groups in total. The number of thiazole rings is 1. The molecule has 0 aliphatic rings. The first-order valence-electron chi connectivity index (χ1n) is 3.50. The van der Waals surface area contributed by atoms with Crippen LogP contribution in [0.2, 0.25) is 0 Å². The van der Waals surface area contributed by atoms with Crippen LogP contribution in [0.15, 0.2) is 5.38 Å².